The predicted molar refractivity (Wildman–Crippen MR) is 78.0 cm³/mol. The van der Waals surface area contributed by atoms with E-state index in [2.05, 4.69) is 6.92 Å². The fraction of sp³-hybridized carbons (Fsp3) is 0.625. The summed E-state index contributed by atoms with van der Waals surface area (Å²) in [5.41, 5.74) is 5.41. The minimum Gasteiger partial charge on any atom is -0.392 e. The zero-order chi connectivity index (χ0) is 15.9. The first kappa shape index (κ1) is 18.0. The highest BCUT2D eigenvalue weighted by Crippen LogP contribution is 2.32. The van der Waals surface area contributed by atoms with E-state index >= 15 is 0 Å². The van der Waals surface area contributed by atoms with Crippen LogP contribution in [-0.2, 0) is 6.18 Å². The molecule has 120 valence electrons. The largest absolute Gasteiger partial charge is 0.416 e. The maximum Gasteiger partial charge on any atom is 0.416 e. The molecule has 21 heavy (non-hydrogen) atoms. The van der Waals surface area contributed by atoms with Crippen LogP contribution in [0.2, 0.25) is 0 Å². The Hall–Kier alpha value is -1.07. The Labute approximate surface area is 124 Å². The molecule has 0 saturated carbocycles. The number of unbranched alkanes of at least 4 members (excludes halogenated alkanes) is 3. The summed E-state index contributed by atoms with van der Waals surface area (Å²) >= 11 is 0. The Bertz CT molecular complexity index is 420. The molecular weight excluding hydrogens is 279 g/mol. The zero-order valence-corrected chi connectivity index (χ0v) is 12.4. The first-order valence-electron chi connectivity index (χ1n) is 7.45. The molecule has 0 saturated heterocycles. The second kappa shape index (κ2) is 8.39. The van der Waals surface area contributed by atoms with Crippen LogP contribution < -0.4 is 5.73 Å². The molecule has 2 nitrogen and oxygen atoms in total. The summed E-state index contributed by atoms with van der Waals surface area (Å²) < 4.78 is 38.2. The van der Waals surface area contributed by atoms with Crippen molar-refractivity contribution in [2.24, 2.45) is 5.73 Å². The van der Waals surface area contributed by atoms with Gasteiger partial charge in [-0.1, -0.05) is 50.8 Å². The number of hydrogen-bond donors (Lipinski definition) is 2. The highest BCUT2D eigenvalue weighted by molar-refractivity contribution is 5.29. The molecule has 1 rings (SSSR count). The molecule has 0 heterocycles. The Morgan fingerprint density at radius 3 is 2.48 bits per heavy atom. The number of benzene rings is 1. The normalized spacial score (nSPS) is 15.0. The van der Waals surface area contributed by atoms with E-state index < -0.39 is 23.8 Å². The quantitative estimate of drug-likeness (QED) is 0.711. The third-order valence-corrected chi connectivity index (χ3v) is 3.71. The summed E-state index contributed by atoms with van der Waals surface area (Å²) in [4.78, 5) is 0. The van der Waals surface area contributed by atoms with Gasteiger partial charge in [0.1, 0.15) is 0 Å². The summed E-state index contributed by atoms with van der Waals surface area (Å²) in [5.74, 6) is -0.450. The van der Waals surface area contributed by atoms with E-state index in [0.29, 0.717) is 12.0 Å². The van der Waals surface area contributed by atoms with E-state index in [9.17, 15) is 18.3 Å². The van der Waals surface area contributed by atoms with Crippen LogP contribution in [0.4, 0.5) is 13.2 Å². The second-order valence-corrected chi connectivity index (χ2v) is 5.38. The lowest BCUT2D eigenvalue weighted by molar-refractivity contribution is -0.137. The van der Waals surface area contributed by atoms with Gasteiger partial charge in [-0.15, -0.1) is 0 Å². The first-order valence-corrected chi connectivity index (χ1v) is 7.45. The first-order chi connectivity index (χ1) is 9.90. The molecule has 1 aromatic carbocycles. The number of halogens is 3. The average Bonchev–Trinajstić information content (AvgIpc) is 2.44. The Kier molecular flexibility index (Phi) is 7.18. The van der Waals surface area contributed by atoms with E-state index in [1.807, 2.05) is 0 Å². The van der Waals surface area contributed by atoms with Crippen LogP contribution in [0.3, 0.4) is 0 Å². The fourth-order valence-corrected chi connectivity index (χ4v) is 2.44. The summed E-state index contributed by atoms with van der Waals surface area (Å²) in [6, 6.07) is 5.09. The van der Waals surface area contributed by atoms with Crippen LogP contribution in [-0.4, -0.2) is 17.8 Å². The van der Waals surface area contributed by atoms with Gasteiger partial charge in [0, 0.05) is 12.5 Å². The molecule has 0 aliphatic rings. The summed E-state index contributed by atoms with van der Waals surface area (Å²) in [5, 5.41) is 10.2. The molecule has 2 atom stereocenters. The van der Waals surface area contributed by atoms with Crippen molar-refractivity contribution < 1.29 is 18.3 Å². The Morgan fingerprint density at radius 2 is 1.90 bits per heavy atom. The lowest BCUT2D eigenvalue weighted by Gasteiger charge is -2.23. The number of rotatable bonds is 8. The molecule has 0 spiro atoms. The van der Waals surface area contributed by atoms with Crippen molar-refractivity contribution in [2.45, 2.75) is 57.2 Å². The number of nitrogens with two attached hydrogens (primary N) is 1. The lowest BCUT2D eigenvalue weighted by Crippen LogP contribution is -2.26. The molecule has 0 radical (unpaired) electrons. The van der Waals surface area contributed by atoms with Gasteiger partial charge < -0.3 is 10.8 Å². The average molecular weight is 303 g/mol. The molecule has 0 aliphatic heterocycles. The summed E-state index contributed by atoms with van der Waals surface area (Å²) in [6.07, 6.45) is -0.416. The molecule has 2 unspecified atom stereocenters. The number of alkyl halides is 3. The maximum atomic E-state index is 12.7. The minimum atomic E-state index is -4.37. The van der Waals surface area contributed by atoms with Crippen LogP contribution in [0.1, 0.15) is 56.1 Å². The summed E-state index contributed by atoms with van der Waals surface area (Å²) in [7, 11) is 0. The standard InChI is InChI=1S/C16H24F3NO/c1-2-3-4-5-9-15(21)14(11-20)12-7-6-8-13(10-12)16(17,18)19/h6-8,10,14-15,21H,2-5,9,11,20H2,1H3. The molecule has 5 heteroatoms. The van der Waals surface area contributed by atoms with Gasteiger partial charge in [-0.25, -0.2) is 0 Å². The third kappa shape index (κ3) is 5.67. The number of aliphatic hydroxyl groups is 1. The molecule has 0 fully saturated rings. The molecular formula is C16H24F3NO. The van der Waals surface area contributed by atoms with Crippen molar-refractivity contribution in [3.05, 3.63) is 35.4 Å². The molecule has 0 aliphatic carbocycles. The van der Waals surface area contributed by atoms with Crippen molar-refractivity contribution in [1.29, 1.82) is 0 Å². The Morgan fingerprint density at radius 1 is 1.19 bits per heavy atom. The molecule has 0 bridgehead atoms. The highest BCUT2D eigenvalue weighted by Gasteiger charge is 2.31. The van der Waals surface area contributed by atoms with Gasteiger partial charge in [-0.2, -0.15) is 13.2 Å². The van der Waals surface area contributed by atoms with Crippen LogP contribution in [0, 0.1) is 0 Å². The zero-order valence-electron chi connectivity index (χ0n) is 12.4. The fourth-order valence-electron chi connectivity index (χ4n) is 2.44. The molecule has 0 amide bonds. The van der Waals surface area contributed by atoms with Gasteiger partial charge in [0.25, 0.3) is 0 Å². The number of aliphatic hydroxyl groups excluding tert-OH is 1. The van der Waals surface area contributed by atoms with Crippen LogP contribution >= 0.6 is 0 Å². The van der Waals surface area contributed by atoms with Crippen molar-refractivity contribution in [2.75, 3.05) is 6.54 Å². The van der Waals surface area contributed by atoms with Crippen molar-refractivity contribution in [3.63, 3.8) is 0 Å². The van der Waals surface area contributed by atoms with Gasteiger partial charge in [0.05, 0.1) is 11.7 Å². The van der Waals surface area contributed by atoms with E-state index in [4.69, 9.17) is 5.73 Å². The van der Waals surface area contributed by atoms with Gasteiger partial charge >= 0.3 is 6.18 Å². The SMILES string of the molecule is CCCCCCC(O)C(CN)c1cccc(C(F)(F)F)c1. The maximum absolute atomic E-state index is 12.7. The van der Waals surface area contributed by atoms with E-state index in [-0.39, 0.29) is 6.54 Å². The van der Waals surface area contributed by atoms with Crippen LogP contribution in [0.25, 0.3) is 0 Å². The molecule has 0 aromatic heterocycles. The van der Waals surface area contributed by atoms with Gasteiger partial charge in [-0.3, -0.25) is 0 Å². The van der Waals surface area contributed by atoms with E-state index in [1.165, 1.54) is 6.07 Å². The number of hydrogen-bond acceptors (Lipinski definition) is 2. The predicted octanol–water partition coefficient (Wildman–Crippen LogP) is 4.08. The van der Waals surface area contributed by atoms with Gasteiger partial charge in [0.2, 0.25) is 0 Å². The second-order valence-electron chi connectivity index (χ2n) is 5.38. The summed E-state index contributed by atoms with van der Waals surface area (Å²) in [6.45, 7) is 2.23. The smallest absolute Gasteiger partial charge is 0.392 e. The van der Waals surface area contributed by atoms with E-state index in [0.717, 1.165) is 37.8 Å². The van der Waals surface area contributed by atoms with Crippen molar-refractivity contribution >= 4 is 0 Å². The van der Waals surface area contributed by atoms with E-state index in [1.54, 1.807) is 6.07 Å². The van der Waals surface area contributed by atoms with Crippen LogP contribution in [0.15, 0.2) is 24.3 Å². The molecule has 3 N–H and O–H groups in total. The topological polar surface area (TPSA) is 46.2 Å². The van der Waals surface area contributed by atoms with Crippen molar-refractivity contribution in [1.82, 2.24) is 0 Å². The van der Waals surface area contributed by atoms with Gasteiger partial charge in [-0.05, 0) is 18.1 Å². The Balaban J connectivity index is 2.75. The third-order valence-electron chi connectivity index (χ3n) is 3.71. The molecule has 1 aromatic rings. The lowest BCUT2D eigenvalue weighted by atomic mass is 9.89. The highest BCUT2D eigenvalue weighted by atomic mass is 19.4. The minimum absolute atomic E-state index is 0.135. The van der Waals surface area contributed by atoms with Crippen LogP contribution in [0.5, 0.6) is 0 Å². The van der Waals surface area contributed by atoms with Crippen molar-refractivity contribution in [3.8, 4) is 0 Å². The van der Waals surface area contributed by atoms with Gasteiger partial charge in [0.15, 0.2) is 0 Å². The monoisotopic (exact) mass is 303 g/mol.